The van der Waals surface area contributed by atoms with E-state index in [0.29, 0.717) is 43.8 Å². The number of benzene rings is 2. The lowest BCUT2D eigenvalue weighted by Crippen LogP contribution is -2.26. The third-order valence-electron chi connectivity index (χ3n) is 6.90. The number of phenols is 1. The molecule has 1 atom stereocenters. The Kier molecular flexibility index (Phi) is 5.66. The second-order valence-electron chi connectivity index (χ2n) is 9.05. The van der Waals surface area contributed by atoms with Crippen molar-refractivity contribution in [3.8, 4) is 16.9 Å². The zero-order chi connectivity index (χ0) is 23.1. The minimum atomic E-state index is -0.794. The van der Waals surface area contributed by atoms with E-state index in [-0.39, 0.29) is 17.5 Å². The van der Waals surface area contributed by atoms with Crippen LogP contribution in [0.5, 0.6) is 5.75 Å². The van der Waals surface area contributed by atoms with Gasteiger partial charge in [0, 0.05) is 43.3 Å². The standard InChI is InChI=1S/C26H27FN2O4/c1-15-12-17(2-5-21(15)27)23-20-4-3-19(30)13-22(20)28-25(24(23)16-7-10-33-11-8-16)29-9-6-18(14-29)26(31)32/h2-5,12-13,16,18,30H,6-11,14H2,1H3,(H,31,32)/t18-/m0/s1. The highest BCUT2D eigenvalue weighted by molar-refractivity contribution is 5.99. The Hall–Kier alpha value is -3.19. The van der Waals surface area contributed by atoms with Gasteiger partial charge >= 0.3 is 5.97 Å². The van der Waals surface area contributed by atoms with Crippen LogP contribution in [0.3, 0.4) is 0 Å². The van der Waals surface area contributed by atoms with Gasteiger partial charge in [-0.3, -0.25) is 4.79 Å². The number of carbonyl (C=O) groups is 1. The lowest BCUT2D eigenvalue weighted by Gasteiger charge is -2.31. The summed E-state index contributed by atoms with van der Waals surface area (Å²) in [5.41, 5.74) is 4.13. The zero-order valence-corrected chi connectivity index (χ0v) is 18.6. The van der Waals surface area contributed by atoms with Gasteiger partial charge in [-0.1, -0.05) is 6.07 Å². The minimum absolute atomic E-state index is 0.117. The van der Waals surface area contributed by atoms with Gasteiger partial charge in [0.1, 0.15) is 17.4 Å². The largest absolute Gasteiger partial charge is 0.508 e. The summed E-state index contributed by atoms with van der Waals surface area (Å²) in [7, 11) is 0. The first-order valence-electron chi connectivity index (χ1n) is 11.4. The molecule has 172 valence electrons. The predicted octanol–water partition coefficient (Wildman–Crippen LogP) is 4.86. The van der Waals surface area contributed by atoms with Crippen LogP contribution in [-0.2, 0) is 9.53 Å². The Labute approximate surface area is 191 Å². The summed E-state index contributed by atoms with van der Waals surface area (Å²) in [6.45, 7) is 4.05. The molecule has 2 saturated heterocycles. The molecular formula is C26H27FN2O4. The van der Waals surface area contributed by atoms with Crippen LogP contribution in [0.25, 0.3) is 22.0 Å². The van der Waals surface area contributed by atoms with Crippen molar-refractivity contribution in [2.45, 2.75) is 32.1 Å². The van der Waals surface area contributed by atoms with Crippen molar-refractivity contribution >= 4 is 22.7 Å². The van der Waals surface area contributed by atoms with Crippen molar-refractivity contribution < 1.29 is 24.1 Å². The Morgan fingerprint density at radius 3 is 2.64 bits per heavy atom. The summed E-state index contributed by atoms with van der Waals surface area (Å²) in [6.07, 6.45) is 2.23. The third kappa shape index (κ3) is 4.02. The molecule has 33 heavy (non-hydrogen) atoms. The van der Waals surface area contributed by atoms with E-state index in [4.69, 9.17) is 9.72 Å². The van der Waals surface area contributed by atoms with Crippen molar-refractivity contribution in [2.75, 3.05) is 31.2 Å². The highest BCUT2D eigenvalue weighted by atomic mass is 19.1. The first kappa shape index (κ1) is 21.6. The van der Waals surface area contributed by atoms with Crippen molar-refractivity contribution in [3.05, 3.63) is 53.3 Å². The molecule has 0 saturated carbocycles. The summed E-state index contributed by atoms with van der Waals surface area (Å²) in [6, 6.07) is 10.3. The maximum absolute atomic E-state index is 14.2. The second kappa shape index (κ2) is 8.63. The number of hydrogen-bond donors (Lipinski definition) is 2. The number of halogens is 1. The van der Waals surface area contributed by atoms with Gasteiger partial charge in [0.2, 0.25) is 0 Å². The van der Waals surface area contributed by atoms with Crippen molar-refractivity contribution in [1.29, 1.82) is 0 Å². The Morgan fingerprint density at radius 1 is 1.15 bits per heavy atom. The van der Waals surface area contributed by atoms with Crippen LogP contribution in [0.4, 0.5) is 10.2 Å². The van der Waals surface area contributed by atoms with E-state index in [1.165, 1.54) is 6.07 Å². The fourth-order valence-electron chi connectivity index (χ4n) is 5.13. The van der Waals surface area contributed by atoms with Crippen molar-refractivity contribution in [2.24, 2.45) is 5.92 Å². The molecule has 0 aliphatic carbocycles. The molecule has 2 N–H and O–H groups in total. The Bertz CT molecular complexity index is 1220. The fraction of sp³-hybridized carbons (Fsp3) is 0.385. The number of aromatic hydroxyl groups is 1. The number of ether oxygens (including phenoxy) is 1. The van der Waals surface area contributed by atoms with Crippen LogP contribution >= 0.6 is 0 Å². The number of fused-ring (bicyclic) bond motifs is 1. The quantitative estimate of drug-likeness (QED) is 0.591. The first-order valence-corrected chi connectivity index (χ1v) is 11.4. The summed E-state index contributed by atoms with van der Waals surface area (Å²) >= 11 is 0. The molecule has 2 aliphatic rings. The van der Waals surface area contributed by atoms with E-state index in [9.17, 15) is 19.4 Å². The lowest BCUT2D eigenvalue weighted by atomic mass is 9.83. The number of pyridine rings is 1. The SMILES string of the molecule is Cc1cc(-c2c(C3CCOCC3)c(N3CC[C@H](C(=O)O)C3)nc3cc(O)ccc23)ccc1F. The average Bonchev–Trinajstić information content (AvgIpc) is 3.31. The number of aliphatic carboxylic acids is 1. The smallest absolute Gasteiger partial charge is 0.308 e. The number of nitrogens with zero attached hydrogens (tertiary/aromatic N) is 2. The normalized spacial score (nSPS) is 19.3. The van der Waals surface area contributed by atoms with Crippen molar-refractivity contribution in [1.82, 2.24) is 4.98 Å². The molecule has 2 fully saturated rings. The molecule has 1 aromatic heterocycles. The maximum Gasteiger partial charge on any atom is 0.308 e. The number of phenolic OH excluding ortho intramolecular Hbond substituents is 1. The van der Waals surface area contributed by atoms with Gasteiger partial charge in [0.25, 0.3) is 0 Å². The zero-order valence-electron chi connectivity index (χ0n) is 18.6. The highest BCUT2D eigenvalue weighted by Gasteiger charge is 2.34. The number of hydrogen-bond acceptors (Lipinski definition) is 5. The first-order chi connectivity index (χ1) is 15.9. The monoisotopic (exact) mass is 450 g/mol. The molecule has 6 nitrogen and oxygen atoms in total. The van der Waals surface area contributed by atoms with Crippen LogP contribution in [0.2, 0.25) is 0 Å². The van der Waals surface area contributed by atoms with Gasteiger partial charge in [0.05, 0.1) is 11.4 Å². The van der Waals surface area contributed by atoms with Crippen LogP contribution in [0, 0.1) is 18.7 Å². The van der Waals surface area contributed by atoms with Gasteiger partial charge in [-0.15, -0.1) is 0 Å². The van der Waals surface area contributed by atoms with E-state index >= 15 is 0 Å². The molecule has 2 aliphatic heterocycles. The fourth-order valence-corrected chi connectivity index (χ4v) is 5.13. The van der Waals surface area contributed by atoms with Crippen molar-refractivity contribution in [3.63, 3.8) is 0 Å². The number of aromatic nitrogens is 1. The summed E-state index contributed by atoms with van der Waals surface area (Å²) in [5, 5.41) is 20.6. The number of carboxylic acid groups (broad SMARTS) is 1. The molecule has 0 radical (unpaired) electrons. The average molecular weight is 451 g/mol. The van der Waals surface area contributed by atoms with Crippen LogP contribution in [0.1, 0.15) is 36.3 Å². The molecule has 0 spiro atoms. The van der Waals surface area contributed by atoms with E-state index in [1.807, 2.05) is 12.1 Å². The number of aryl methyl sites for hydroxylation is 1. The van der Waals surface area contributed by atoms with Gasteiger partial charge in [-0.25, -0.2) is 9.37 Å². The van der Waals surface area contributed by atoms with E-state index in [1.54, 1.807) is 25.1 Å². The molecule has 0 unspecified atom stereocenters. The van der Waals surface area contributed by atoms with Gasteiger partial charge in [-0.2, -0.15) is 0 Å². The van der Waals surface area contributed by atoms with Crippen LogP contribution < -0.4 is 4.90 Å². The molecule has 3 aromatic rings. The molecule has 7 heteroatoms. The van der Waals surface area contributed by atoms with E-state index < -0.39 is 11.9 Å². The predicted molar refractivity (Wildman–Crippen MR) is 124 cm³/mol. The summed E-state index contributed by atoms with van der Waals surface area (Å²) in [5.74, 6) is -0.426. The van der Waals surface area contributed by atoms with E-state index in [2.05, 4.69) is 4.90 Å². The van der Waals surface area contributed by atoms with Crippen LogP contribution in [0.15, 0.2) is 36.4 Å². The maximum atomic E-state index is 14.2. The molecule has 0 amide bonds. The molecule has 2 aromatic carbocycles. The van der Waals surface area contributed by atoms with Gasteiger partial charge in [0.15, 0.2) is 0 Å². The summed E-state index contributed by atoms with van der Waals surface area (Å²) < 4.78 is 19.8. The summed E-state index contributed by atoms with van der Waals surface area (Å²) in [4.78, 5) is 18.7. The number of rotatable bonds is 4. The lowest BCUT2D eigenvalue weighted by molar-refractivity contribution is -0.140. The molecule has 3 heterocycles. The number of anilines is 1. The van der Waals surface area contributed by atoms with Gasteiger partial charge < -0.3 is 19.8 Å². The molecular weight excluding hydrogens is 423 g/mol. The Balaban J connectivity index is 1.79. The second-order valence-corrected chi connectivity index (χ2v) is 9.05. The van der Waals surface area contributed by atoms with E-state index in [0.717, 1.165) is 40.7 Å². The highest BCUT2D eigenvalue weighted by Crippen LogP contribution is 2.45. The van der Waals surface area contributed by atoms with Gasteiger partial charge in [-0.05, 0) is 73.1 Å². The third-order valence-corrected chi connectivity index (χ3v) is 6.90. The number of carboxylic acids is 1. The minimum Gasteiger partial charge on any atom is -0.508 e. The topological polar surface area (TPSA) is 82.9 Å². The Morgan fingerprint density at radius 2 is 1.94 bits per heavy atom. The molecule has 0 bridgehead atoms. The van der Waals surface area contributed by atoms with Crippen LogP contribution in [-0.4, -0.2) is 47.5 Å². The molecule has 5 rings (SSSR count).